The van der Waals surface area contributed by atoms with Crippen molar-refractivity contribution in [3.63, 3.8) is 0 Å². The highest BCUT2D eigenvalue weighted by Crippen LogP contribution is 2.15. The van der Waals surface area contributed by atoms with E-state index in [1.54, 1.807) is 13.2 Å². The molecule has 2 aromatic heterocycles. The molecule has 0 aliphatic rings. The quantitative estimate of drug-likeness (QED) is 0.379. The molecule has 0 aliphatic carbocycles. The predicted octanol–water partition coefficient (Wildman–Crippen LogP) is 2.01. The van der Waals surface area contributed by atoms with Crippen LogP contribution in [0, 0.1) is 0 Å². The first-order chi connectivity index (χ1) is 10.3. The standard InChI is InChI=1S/C14H22N6O.HI/c1-4-12-11(13(5-2)21-20-12)9-17-14(15-3)16-8-10-6-7-18-19-10;/h6-7H,4-5,8-9H2,1-3H3,(H,18,19)(H2,15,16,17);1H. The zero-order chi connectivity index (χ0) is 15.1. The number of hydrogen-bond acceptors (Lipinski definition) is 4. The summed E-state index contributed by atoms with van der Waals surface area (Å²) in [5.74, 6) is 1.67. The van der Waals surface area contributed by atoms with E-state index in [2.05, 4.69) is 44.8 Å². The predicted molar refractivity (Wildman–Crippen MR) is 96.3 cm³/mol. The molecule has 8 heteroatoms. The highest BCUT2D eigenvalue weighted by atomic mass is 127. The van der Waals surface area contributed by atoms with Crippen molar-refractivity contribution in [3.8, 4) is 0 Å². The third-order valence-corrected chi connectivity index (χ3v) is 3.27. The molecule has 7 nitrogen and oxygen atoms in total. The molecule has 0 saturated heterocycles. The number of rotatable bonds is 6. The Morgan fingerprint density at radius 3 is 2.64 bits per heavy atom. The van der Waals surface area contributed by atoms with Gasteiger partial charge in [0.15, 0.2) is 5.96 Å². The molecule has 2 aromatic rings. The number of aromatic nitrogens is 3. The molecule has 2 heterocycles. The lowest BCUT2D eigenvalue weighted by Gasteiger charge is -2.11. The molecule has 0 bridgehead atoms. The molecular formula is C14H23IN6O. The van der Waals surface area contributed by atoms with Gasteiger partial charge in [0.25, 0.3) is 0 Å². The van der Waals surface area contributed by atoms with Crippen LogP contribution in [-0.2, 0) is 25.9 Å². The molecule has 0 aliphatic heterocycles. The van der Waals surface area contributed by atoms with E-state index in [0.717, 1.165) is 41.5 Å². The Morgan fingerprint density at radius 1 is 1.27 bits per heavy atom. The molecule has 0 spiro atoms. The third-order valence-electron chi connectivity index (χ3n) is 3.27. The van der Waals surface area contributed by atoms with Gasteiger partial charge in [0.05, 0.1) is 17.9 Å². The average molecular weight is 418 g/mol. The molecule has 0 amide bonds. The number of hydrogen-bond donors (Lipinski definition) is 3. The summed E-state index contributed by atoms with van der Waals surface area (Å²) in [5, 5.41) is 17.4. The Hall–Kier alpha value is -1.58. The summed E-state index contributed by atoms with van der Waals surface area (Å²) in [5.41, 5.74) is 3.14. The normalized spacial score (nSPS) is 11.1. The molecule has 3 N–H and O–H groups in total. The molecule has 0 unspecified atom stereocenters. The van der Waals surface area contributed by atoms with Gasteiger partial charge in [-0.25, -0.2) is 0 Å². The highest BCUT2D eigenvalue weighted by molar-refractivity contribution is 14.0. The molecule has 0 aromatic carbocycles. The van der Waals surface area contributed by atoms with Gasteiger partial charge in [0.1, 0.15) is 5.76 Å². The van der Waals surface area contributed by atoms with Crippen LogP contribution in [0.4, 0.5) is 0 Å². The Morgan fingerprint density at radius 2 is 2.05 bits per heavy atom. The van der Waals surface area contributed by atoms with Crippen molar-refractivity contribution in [3.05, 3.63) is 35.0 Å². The molecule has 0 saturated carbocycles. The van der Waals surface area contributed by atoms with Crippen LogP contribution in [-0.4, -0.2) is 28.4 Å². The van der Waals surface area contributed by atoms with E-state index >= 15 is 0 Å². The first kappa shape index (κ1) is 18.5. The van der Waals surface area contributed by atoms with Crippen molar-refractivity contribution < 1.29 is 4.52 Å². The summed E-state index contributed by atoms with van der Waals surface area (Å²) < 4.78 is 5.36. The van der Waals surface area contributed by atoms with E-state index in [4.69, 9.17) is 4.52 Å². The Labute approximate surface area is 147 Å². The second kappa shape index (κ2) is 9.44. The van der Waals surface area contributed by atoms with Crippen molar-refractivity contribution in [2.75, 3.05) is 7.05 Å². The summed E-state index contributed by atoms with van der Waals surface area (Å²) in [6.07, 6.45) is 3.43. The van der Waals surface area contributed by atoms with E-state index in [9.17, 15) is 0 Å². The van der Waals surface area contributed by atoms with Crippen LogP contribution in [0.2, 0.25) is 0 Å². The molecule has 22 heavy (non-hydrogen) atoms. The van der Waals surface area contributed by atoms with Gasteiger partial charge in [-0.3, -0.25) is 10.1 Å². The first-order valence-corrected chi connectivity index (χ1v) is 7.17. The minimum absolute atomic E-state index is 0. The number of aryl methyl sites for hydroxylation is 2. The fourth-order valence-electron chi connectivity index (χ4n) is 2.09. The minimum Gasteiger partial charge on any atom is -0.361 e. The van der Waals surface area contributed by atoms with Crippen LogP contribution in [0.3, 0.4) is 0 Å². The maximum atomic E-state index is 5.36. The van der Waals surface area contributed by atoms with Crippen LogP contribution in [0.5, 0.6) is 0 Å². The average Bonchev–Trinajstić information content (AvgIpc) is 3.16. The van der Waals surface area contributed by atoms with Crippen LogP contribution in [0.15, 0.2) is 21.8 Å². The van der Waals surface area contributed by atoms with Crippen LogP contribution in [0.1, 0.15) is 36.6 Å². The number of aliphatic imine (C=N–C) groups is 1. The number of H-pyrrole nitrogens is 1. The first-order valence-electron chi connectivity index (χ1n) is 7.17. The molecular weight excluding hydrogens is 395 g/mol. The molecule has 122 valence electrons. The fourth-order valence-corrected chi connectivity index (χ4v) is 2.09. The van der Waals surface area contributed by atoms with E-state index in [1.165, 1.54) is 0 Å². The van der Waals surface area contributed by atoms with Gasteiger partial charge >= 0.3 is 0 Å². The summed E-state index contributed by atoms with van der Waals surface area (Å²) in [6, 6.07) is 1.92. The Balaban J connectivity index is 0.00000242. The van der Waals surface area contributed by atoms with Crippen LogP contribution in [0.25, 0.3) is 0 Å². The number of guanidine groups is 1. The largest absolute Gasteiger partial charge is 0.361 e. The summed E-state index contributed by atoms with van der Waals surface area (Å²) in [4.78, 5) is 4.21. The van der Waals surface area contributed by atoms with E-state index in [1.807, 2.05) is 6.07 Å². The van der Waals surface area contributed by atoms with Crippen molar-refractivity contribution in [1.29, 1.82) is 0 Å². The molecule has 0 radical (unpaired) electrons. The van der Waals surface area contributed by atoms with Gasteiger partial charge < -0.3 is 15.2 Å². The fraction of sp³-hybridized carbons (Fsp3) is 0.500. The zero-order valence-electron chi connectivity index (χ0n) is 13.1. The lowest BCUT2D eigenvalue weighted by molar-refractivity contribution is 0.380. The summed E-state index contributed by atoms with van der Waals surface area (Å²) in [6.45, 7) is 5.43. The number of aromatic amines is 1. The lowest BCUT2D eigenvalue weighted by atomic mass is 10.1. The van der Waals surface area contributed by atoms with E-state index < -0.39 is 0 Å². The van der Waals surface area contributed by atoms with Crippen molar-refractivity contribution in [2.45, 2.75) is 39.8 Å². The Kier molecular flexibility index (Phi) is 7.92. The third kappa shape index (κ3) is 4.72. The maximum Gasteiger partial charge on any atom is 0.191 e. The zero-order valence-corrected chi connectivity index (χ0v) is 15.5. The van der Waals surface area contributed by atoms with E-state index in [0.29, 0.717) is 13.1 Å². The lowest BCUT2D eigenvalue weighted by Crippen LogP contribution is -2.36. The van der Waals surface area contributed by atoms with Crippen LogP contribution >= 0.6 is 24.0 Å². The number of nitrogens with zero attached hydrogens (tertiary/aromatic N) is 3. The summed E-state index contributed by atoms with van der Waals surface area (Å²) >= 11 is 0. The van der Waals surface area contributed by atoms with Gasteiger partial charge in [-0.2, -0.15) is 5.10 Å². The molecule has 2 rings (SSSR count). The molecule has 0 atom stereocenters. The van der Waals surface area contributed by atoms with Gasteiger partial charge in [-0.1, -0.05) is 19.0 Å². The van der Waals surface area contributed by atoms with E-state index in [-0.39, 0.29) is 24.0 Å². The number of halogens is 1. The van der Waals surface area contributed by atoms with Crippen molar-refractivity contribution in [2.24, 2.45) is 4.99 Å². The van der Waals surface area contributed by atoms with Gasteiger partial charge in [-0.15, -0.1) is 24.0 Å². The SMILES string of the molecule is CCc1noc(CC)c1CNC(=NC)NCc1ccn[nH]1.I. The van der Waals surface area contributed by atoms with Crippen LogP contribution < -0.4 is 10.6 Å². The maximum absolute atomic E-state index is 5.36. The van der Waals surface area contributed by atoms with Gasteiger partial charge in [0.2, 0.25) is 0 Å². The summed E-state index contributed by atoms with van der Waals surface area (Å²) in [7, 11) is 1.75. The minimum atomic E-state index is 0. The second-order valence-electron chi connectivity index (χ2n) is 4.60. The Bertz CT molecular complexity index is 557. The smallest absolute Gasteiger partial charge is 0.191 e. The van der Waals surface area contributed by atoms with Gasteiger partial charge in [0, 0.05) is 31.8 Å². The highest BCUT2D eigenvalue weighted by Gasteiger charge is 2.13. The second-order valence-corrected chi connectivity index (χ2v) is 4.60. The monoisotopic (exact) mass is 418 g/mol. The molecule has 0 fully saturated rings. The number of nitrogens with one attached hydrogen (secondary N) is 3. The van der Waals surface area contributed by atoms with Crippen molar-refractivity contribution in [1.82, 2.24) is 26.0 Å². The van der Waals surface area contributed by atoms with Crippen molar-refractivity contribution >= 4 is 29.9 Å². The van der Waals surface area contributed by atoms with Gasteiger partial charge in [-0.05, 0) is 12.5 Å². The topological polar surface area (TPSA) is 91.1 Å².